The van der Waals surface area contributed by atoms with Crippen molar-refractivity contribution in [1.82, 2.24) is 14.9 Å². The standard InChI is InChI=1S/C20H21N3O/c1-14-6-2-3-7-16(14)13-21-20(24)15-10-11-23-18-9-5-4-8-17(18)22-19(23)12-15/h2-9,15H,10-13H2,1H3,(H,21,24)/t15-/m0/s1. The Morgan fingerprint density at radius 3 is 2.88 bits per heavy atom. The van der Waals surface area contributed by atoms with Crippen molar-refractivity contribution in [2.24, 2.45) is 5.92 Å². The molecule has 0 fully saturated rings. The van der Waals surface area contributed by atoms with Gasteiger partial charge in [0, 0.05) is 25.4 Å². The van der Waals surface area contributed by atoms with Gasteiger partial charge in [-0.3, -0.25) is 4.79 Å². The topological polar surface area (TPSA) is 46.9 Å². The fraction of sp³-hybridized carbons (Fsp3) is 0.300. The van der Waals surface area contributed by atoms with Crippen LogP contribution in [-0.4, -0.2) is 15.5 Å². The van der Waals surface area contributed by atoms with Crippen molar-refractivity contribution in [3.63, 3.8) is 0 Å². The molecule has 1 amide bonds. The van der Waals surface area contributed by atoms with Gasteiger partial charge in [0.05, 0.1) is 11.0 Å². The number of carbonyl (C=O) groups is 1. The third kappa shape index (κ3) is 2.68. The molecule has 4 rings (SSSR count). The quantitative estimate of drug-likeness (QED) is 0.806. The molecule has 4 nitrogen and oxygen atoms in total. The third-order valence-electron chi connectivity index (χ3n) is 4.95. The first-order valence-electron chi connectivity index (χ1n) is 8.49. The van der Waals surface area contributed by atoms with E-state index in [0.717, 1.165) is 24.3 Å². The third-order valence-corrected chi connectivity index (χ3v) is 4.95. The molecule has 0 saturated carbocycles. The second kappa shape index (κ2) is 6.11. The molecule has 1 atom stereocenters. The number of nitrogens with zero attached hydrogens (tertiary/aromatic N) is 2. The predicted molar refractivity (Wildman–Crippen MR) is 94.6 cm³/mol. The van der Waals surface area contributed by atoms with E-state index in [4.69, 9.17) is 4.98 Å². The van der Waals surface area contributed by atoms with Gasteiger partial charge < -0.3 is 9.88 Å². The first-order chi connectivity index (χ1) is 11.7. The van der Waals surface area contributed by atoms with Crippen LogP contribution in [0.5, 0.6) is 0 Å². The molecule has 0 spiro atoms. The van der Waals surface area contributed by atoms with E-state index in [1.165, 1.54) is 16.6 Å². The van der Waals surface area contributed by atoms with Crippen molar-refractivity contribution >= 4 is 16.9 Å². The average Bonchev–Trinajstić information content (AvgIpc) is 2.98. The lowest BCUT2D eigenvalue weighted by atomic mass is 9.96. The maximum Gasteiger partial charge on any atom is 0.223 e. The molecule has 3 aromatic rings. The number of hydrogen-bond acceptors (Lipinski definition) is 2. The molecule has 0 saturated heterocycles. The summed E-state index contributed by atoms with van der Waals surface area (Å²) in [4.78, 5) is 17.3. The summed E-state index contributed by atoms with van der Waals surface area (Å²) in [6.45, 7) is 3.53. The molecule has 0 radical (unpaired) electrons. The van der Waals surface area contributed by atoms with Gasteiger partial charge in [0.15, 0.2) is 0 Å². The molecule has 0 unspecified atom stereocenters. The van der Waals surface area contributed by atoms with Crippen molar-refractivity contribution in [1.29, 1.82) is 0 Å². The summed E-state index contributed by atoms with van der Waals surface area (Å²) in [5.41, 5.74) is 4.58. The van der Waals surface area contributed by atoms with E-state index in [9.17, 15) is 4.79 Å². The molecule has 1 N–H and O–H groups in total. The minimum absolute atomic E-state index is 0.0123. The molecular weight excluding hydrogens is 298 g/mol. The second-order valence-corrected chi connectivity index (χ2v) is 6.50. The summed E-state index contributed by atoms with van der Waals surface area (Å²) >= 11 is 0. The molecule has 4 heteroatoms. The van der Waals surface area contributed by atoms with Crippen LogP contribution in [0.1, 0.15) is 23.4 Å². The highest BCUT2D eigenvalue weighted by molar-refractivity contribution is 5.80. The zero-order valence-corrected chi connectivity index (χ0v) is 13.8. The minimum atomic E-state index is 0.0123. The Bertz CT molecular complexity index is 897. The Kier molecular flexibility index (Phi) is 3.81. The van der Waals surface area contributed by atoms with E-state index < -0.39 is 0 Å². The van der Waals surface area contributed by atoms with Gasteiger partial charge in [-0.1, -0.05) is 36.4 Å². The molecule has 2 aromatic carbocycles. The zero-order chi connectivity index (χ0) is 16.5. The van der Waals surface area contributed by atoms with Crippen molar-refractivity contribution in [3.05, 3.63) is 65.5 Å². The Labute approximate surface area is 141 Å². The number of aryl methyl sites for hydroxylation is 2. The summed E-state index contributed by atoms with van der Waals surface area (Å²) in [5, 5.41) is 3.10. The van der Waals surface area contributed by atoms with Crippen LogP contribution in [0.25, 0.3) is 11.0 Å². The lowest BCUT2D eigenvalue weighted by Crippen LogP contribution is -2.35. The number of nitrogens with one attached hydrogen (secondary N) is 1. The number of rotatable bonds is 3. The number of fused-ring (bicyclic) bond motifs is 3. The largest absolute Gasteiger partial charge is 0.352 e. The molecule has 2 heterocycles. The van der Waals surface area contributed by atoms with Gasteiger partial charge in [0.1, 0.15) is 5.82 Å². The van der Waals surface area contributed by atoms with E-state index in [1.807, 2.05) is 30.3 Å². The summed E-state index contributed by atoms with van der Waals surface area (Å²) < 4.78 is 2.25. The number of para-hydroxylation sites is 2. The molecule has 1 aromatic heterocycles. The highest BCUT2D eigenvalue weighted by Gasteiger charge is 2.26. The van der Waals surface area contributed by atoms with Crippen LogP contribution in [0, 0.1) is 12.8 Å². The Morgan fingerprint density at radius 2 is 2.00 bits per heavy atom. The lowest BCUT2D eigenvalue weighted by Gasteiger charge is -2.23. The Hall–Kier alpha value is -2.62. The van der Waals surface area contributed by atoms with Crippen LogP contribution >= 0.6 is 0 Å². The van der Waals surface area contributed by atoms with Crippen LogP contribution in [0.4, 0.5) is 0 Å². The van der Waals surface area contributed by atoms with Gasteiger partial charge in [-0.2, -0.15) is 0 Å². The van der Waals surface area contributed by atoms with Crippen LogP contribution in [0.15, 0.2) is 48.5 Å². The van der Waals surface area contributed by atoms with Gasteiger partial charge in [0.25, 0.3) is 0 Å². The monoisotopic (exact) mass is 319 g/mol. The van der Waals surface area contributed by atoms with E-state index >= 15 is 0 Å². The van der Waals surface area contributed by atoms with E-state index in [-0.39, 0.29) is 11.8 Å². The minimum Gasteiger partial charge on any atom is -0.352 e. The SMILES string of the molecule is Cc1ccccc1CNC(=O)[C@H]1CCn2c(nc3ccccc32)C1. The van der Waals surface area contributed by atoms with Gasteiger partial charge >= 0.3 is 0 Å². The molecule has 0 bridgehead atoms. The van der Waals surface area contributed by atoms with Crippen LogP contribution in [0.2, 0.25) is 0 Å². The molecule has 1 aliphatic rings. The summed E-state index contributed by atoms with van der Waals surface area (Å²) in [5.74, 6) is 1.17. The second-order valence-electron chi connectivity index (χ2n) is 6.50. The molecular formula is C20H21N3O. The summed E-state index contributed by atoms with van der Waals surface area (Å²) in [7, 11) is 0. The van der Waals surface area contributed by atoms with Gasteiger partial charge in [-0.05, 0) is 36.6 Å². The fourth-order valence-electron chi connectivity index (χ4n) is 3.50. The van der Waals surface area contributed by atoms with E-state index in [1.54, 1.807) is 0 Å². The number of carbonyl (C=O) groups excluding carboxylic acids is 1. The number of aromatic nitrogens is 2. The zero-order valence-electron chi connectivity index (χ0n) is 13.8. The number of hydrogen-bond donors (Lipinski definition) is 1. The van der Waals surface area contributed by atoms with Crippen molar-refractivity contribution in [2.45, 2.75) is 32.9 Å². The first-order valence-corrected chi connectivity index (χ1v) is 8.49. The van der Waals surface area contributed by atoms with Crippen LogP contribution in [-0.2, 0) is 24.3 Å². The highest BCUT2D eigenvalue weighted by Crippen LogP contribution is 2.25. The number of amides is 1. The maximum absolute atomic E-state index is 12.6. The fourth-order valence-corrected chi connectivity index (χ4v) is 3.50. The van der Waals surface area contributed by atoms with E-state index in [0.29, 0.717) is 13.0 Å². The predicted octanol–water partition coefficient (Wildman–Crippen LogP) is 3.22. The van der Waals surface area contributed by atoms with E-state index in [2.05, 4.69) is 35.0 Å². The normalized spacial score (nSPS) is 16.8. The smallest absolute Gasteiger partial charge is 0.223 e. The molecule has 24 heavy (non-hydrogen) atoms. The first kappa shape index (κ1) is 14.9. The average molecular weight is 319 g/mol. The Morgan fingerprint density at radius 1 is 1.21 bits per heavy atom. The number of benzene rings is 2. The Balaban J connectivity index is 1.46. The summed E-state index contributed by atoms with van der Waals surface area (Å²) in [6.07, 6.45) is 1.58. The van der Waals surface area contributed by atoms with Crippen molar-refractivity contribution < 1.29 is 4.79 Å². The van der Waals surface area contributed by atoms with Crippen molar-refractivity contribution in [2.75, 3.05) is 0 Å². The number of imidazole rings is 1. The molecule has 122 valence electrons. The maximum atomic E-state index is 12.6. The van der Waals surface area contributed by atoms with Gasteiger partial charge in [-0.25, -0.2) is 4.98 Å². The molecule has 1 aliphatic heterocycles. The van der Waals surface area contributed by atoms with Gasteiger partial charge in [0.2, 0.25) is 5.91 Å². The lowest BCUT2D eigenvalue weighted by molar-refractivity contribution is -0.125. The van der Waals surface area contributed by atoms with Crippen LogP contribution in [0.3, 0.4) is 0 Å². The summed E-state index contributed by atoms with van der Waals surface area (Å²) in [6, 6.07) is 16.4. The van der Waals surface area contributed by atoms with Crippen molar-refractivity contribution in [3.8, 4) is 0 Å². The van der Waals surface area contributed by atoms with Gasteiger partial charge in [-0.15, -0.1) is 0 Å². The molecule has 0 aliphatic carbocycles. The van der Waals surface area contributed by atoms with Crippen LogP contribution < -0.4 is 5.32 Å². The highest BCUT2D eigenvalue weighted by atomic mass is 16.1.